The van der Waals surface area contributed by atoms with E-state index in [0.29, 0.717) is 45.2 Å². The molecule has 10 heteroatoms. The van der Waals surface area contributed by atoms with Crippen molar-refractivity contribution in [3.63, 3.8) is 0 Å². The van der Waals surface area contributed by atoms with Gasteiger partial charge in [-0.15, -0.1) is 0 Å². The lowest BCUT2D eigenvalue weighted by Gasteiger charge is -2.28. The Hall–Kier alpha value is -2.20. The van der Waals surface area contributed by atoms with Gasteiger partial charge in [0.1, 0.15) is 12.1 Å². The van der Waals surface area contributed by atoms with Crippen LogP contribution >= 0.6 is 0 Å². The Bertz CT molecular complexity index is 513. The molecule has 3 unspecified atom stereocenters. The number of aliphatic carboxylic acids is 1. The minimum atomic E-state index is -1.16. The summed E-state index contributed by atoms with van der Waals surface area (Å²) in [5.41, 5.74) is 16.1. The summed E-state index contributed by atoms with van der Waals surface area (Å²) in [6.07, 6.45) is 2.20. The molecular formula is C15H27N5O5. The number of nitrogens with one attached hydrogen (secondary N) is 1. The van der Waals surface area contributed by atoms with E-state index >= 15 is 0 Å². The summed E-state index contributed by atoms with van der Waals surface area (Å²) in [5, 5.41) is 11.7. The molecule has 0 aliphatic carbocycles. The topological polar surface area (TPSA) is 182 Å². The Morgan fingerprint density at radius 2 is 1.92 bits per heavy atom. The molecule has 3 atom stereocenters. The average molecular weight is 357 g/mol. The molecule has 10 nitrogen and oxygen atoms in total. The predicted octanol–water partition coefficient (Wildman–Crippen LogP) is -2.12. The number of nitrogens with zero attached hydrogens (tertiary/aromatic N) is 1. The third-order valence-electron chi connectivity index (χ3n) is 4.14. The molecule has 0 spiro atoms. The smallest absolute Gasteiger partial charge is 0.326 e. The van der Waals surface area contributed by atoms with E-state index in [1.807, 2.05) is 0 Å². The lowest BCUT2D eigenvalue weighted by Crippen LogP contribution is -2.54. The third kappa shape index (κ3) is 6.31. The molecule has 25 heavy (non-hydrogen) atoms. The maximum Gasteiger partial charge on any atom is 0.326 e. The zero-order chi connectivity index (χ0) is 19.0. The molecule has 8 N–H and O–H groups in total. The van der Waals surface area contributed by atoms with Crippen LogP contribution < -0.4 is 22.5 Å². The van der Waals surface area contributed by atoms with Crippen LogP contribution in [0.5, 0.6) is 0 Å². The number of nitrogens with two attached hydrogens (primary N) is 3. The number of carbonyl (C=O) groups is 4. The van der Waals surface area contributed by atoms with Crippen molar-refractivity contribution in [1.82, 2.24) is 10.2 Å². The van der Waals surface area contributed by atoms with Gasteiger partial charge in [-0.25, -0.2) is 4.79 Å². The molecule has 1 aliphatic heterocycles. The van der Waals surface area contributed by atoms with Crippen molar-refractivity contribution >= 4 is 23.7 Å². The molecule has 0 bridgehead atoms. The average Bonchev–Trinajstić information content (AvgIpc) is 3.02. The fourth-order valence-corrected chi connectivity index (χ4v) is 2.83. The van der Waals surface area contributed by atoms with Crippen LogP contribution in [0.2, 0.25) is 0 Å². The first kappa shape index (κ1) is 20.8. The molecule has 0 aromatic carbocycles. The van der Waals surface area contributed by atoms with E-state index < -0.39 is 41.8 Å². The second-order valence-corrected chi connectivity index (χ2v) is 6.15. The zero-order valence-corrected chi connectivity index (χ0v) is 14.1. The molecule has 1 saturated heterocycles. The molecule has 0 saturated carbocycles. The van der Waals surface area contributed by atoms with E-state index in [1.165, 1.54) is 4.90 Å². The molecule has 1 fully saturated rings. The highest BCUT2D eigenvalue weighted by Gasteiger charge is 2.37. The number of amides is 3. The number of hydrogen-bond acceptors (Lipinski definition) is 6. The largest absolute Gasteiger partial charge is 0.480 e. The molecule has 1 rings (SSSR count). The van der Waals surface area contributed by atoms with Gasteiger partial charge in [0.25, 0.3) is 0 Å². The van der Waals surface area contributed by atoms with Crippen molar-refractivity contribution in [2.75, 3.05) is 13.1 Å². The first-order valence-corrected chi connectivity index (χ1v) is 8.35. The molecule has 0 radical (unpaired) electrons. The van der Waals surface area contributed by atoms with Gasteiger partial charge in [0.05, 0.1) is 12.5 Å². The number of carboxylic acids is 1. The second-order valence-electron chi connectivity index (χ2n) is 6.15. The lowest BCUT2D eigenvalue weighted by atomic mass is 10.1. The number of primary amides is 1. The third-order valence-corrected chi connectivity index (χ3v) is 4.14. The van der Waals surface area contributed by atoms with Crippen molar-refractivity contribution in [2.45, 2.75) is 56.7 Å². The quantitative estimate of drug-likeness (QED) is 0.277. The molecule has 1 aliphatic rings. The first-order valence-electron chi connectivity index (χ1n) is 8.35. The van der Waals surface area contributed by atoms with Crippen LogP contribution in [0.4, 0.5) is 0 Å². The van der Waals surface area contributed by atoms with E-state index in [4.69, 9.17) is 17.2 Å². The maximum atomic E-state index is 12.7. The highest BCUT2D eigenvalue weighted by atomic mass is 16.4. The van der Waals surface area contributed by atoms with Crippen molar-refractivity contribution in [2.24, 2.45) is 17.2 Å². The Morgan fingerprint density at radius 1 is 1.24 bits per heavy atom. The summed E-state index contributed by atoms with van der Waals surface area (Å²) in [5.74, 6) is -2.92. The van der Waals surface area contributed by atoms with Crippen LogP contribution in [0, 0.1) is 0 Å². The summed E-state index contributed by atoms with van der Waals surface area (Å²) in [4.78, 5) is 48.3. The number of likely N-dealkylation sites (tertiary alicyclic amines) is 1. The van der Waals surface area contributed by atoms with Crippen LogP contribution in [-0.2, 0) is 19.2 Å². The van der Waals surface area contributed by atoms with E-state index in [0.717, 1.165) is 0 Å². The van der Waals surface area contributed by atoms with Crippen LogP contribution in [0.3, 0.4) is 0 Å². The lowest BCUT2D eigenvalue weighted by molar-refractivity contribution is -0.149. The van der Waals surface area contributed by atoms with E-state index in [1.54, 1.807) is 0 Å². The van der Waals surface area contributed by atoms with Crippen LogP contribution in [0.25, 0.3) is 0 Å². The maximum absolute atomic E-state index is 12.7. The Labute approximate surface area is 146 Å². The summed E-state index contributed by atoms with van der Waals surface area (Å²) in [6, 6.07) is -2.95. The normalized spacial score (nSPS) is 19.3. The van der Waals surface area contributed by atoms with Gasteiger partial charge in [-0.3, -0.25) is 14.4 Å². The number of rotatable bonds is 10. The number of unbranched alkanes of at least 4 members (excludes halogenated alkanes) is 1. The molecule has 0 aromatic heterocycles. The number of carbonyl (C=O) groups excluding carboxylic acids is 3. The Morgan fingerprint density at radius 3 is 2.48 bits per heavy atom. The van der Waals surface area contributed by atoms with Gasteiger partial charge in [0.15, 0.2) is 0 Å². The zero-order valence-electron chi connectivity index (χ0n) is 14.1. The van der Waals surface area contributed by atoms with Crippen LogP contribution in [0.1, 0.15) is 38.5 Å². The van der Waals surface area contributed by atoms with Gasteiger partial charge >= 0.3 is 5.97 Å². The highest BCUT2D eigenvalue weighted by molar-refractivity contribution is 5.93. The minimum absolute atomic E-state index is 0.313. The van der Waals surface area contributed by atoms with E-state index in [2.05, 4.69) is 5.32 Å². The summed E-state index contributed by atoms with van der Waals surface area (Å²) in [6.45, 7) is 0.768. The van der Waals surface area contributed by atoms with Gasteiger partial charge in [0.2, 0.25) is 17.7 Å². The molecular weight excluding hydrogens is 330 g/mol. The van der Waals surface area contributed by atoms with Gasteiger partial charge in [0, 0.05) is 6.54 Å². The molecule has 3 amide bonds. The monoisotopic (exact) mass is 357 g/mol. The fourth-order valence-electron chi connectivity index (χ4n) is 2.83. The van der Waals surface area contributed by atoms with Gasteiger partial charge in [-0.1, -0.05) is 0 Å². The van der Waals surface area contributed by atoms with Gasteiger partial charge in [-0.2, -0.15) is 0 Å². The molecule has 0 aromatic rings. The number of hydrogen-bond donors (Lipinski definition) is 5. The van der Waals surface area contributed by atoms with Crippen molar-refractivity contribution in [1.29, 1.82) is 0 Å². The van der Waals surface area contributed by atoms with E-state index in [9.17, 15) is 24.3 Å². The minimum Gasteiger partial charge on any atom is -0.480 e. The molecule has 142 valence electrons. The SMILES string of the molecule is NCCCCC(NC(=O)C(N)CC(N)=O)C(=O)N1CCCC1C(=O)O. The Balaban J connectivity index is 2.80. The summed E-state index contributed by atoms with van der Waals surface area (Å²) >= 11 is 0. The fraction of sp³-hybridized carbons (Fsp3) is 0.733. The van der Waals surface area contributed by atoms with E-state index in [-0.39, 0.29) is 6.42 Å². The second kappa shape index (κ2) is 9.94. The summed E-state index contributed by atoms with van der Waals surface area (Å²) in [7, 11) is 0. The Kier molecular flexibility index (Phi) is 8.29. The summed E-state index contributed by atoms with van der Waals surface area (Å²) < 4.78 is 0. The van der Waals surface area contributed by atoms with Crippen LogP contribution in [0.15, 0.2) is 0 Å². The van der Waals surface area contributed by atoms with Gasteiger partial charge in [-0.05, 0) is 38.6 Å². The first-order chi connectivity index (χ1) is 11.8. The number of carboxylic acid groups (broad SMARTS) is 1. The van der Waals surface area contributed by atoms with Crippen molar-refractivity contribution < 1.29 is 24.3 Å². The molecule has 1 heterocycles. The predicted molar refractivity (Wildman–Crippen MR) is 89.0 cm³/mol. The van der Waals surface area contributed by atoms with Crippen molar-refractivity contribution in [3.05, 3.63) is 0 Å². The van der Waals surface area contributed by atoms with Crippen LogP contribution in [-0.4, -0.2) is 64.9 Å². The van der Waals surface area contributed by atoms with Crippen molar-refractivity contribution in [3.8, 4) is 0 Å². The standard InChI is InChI=1S/C15H27N5O5/c16-6-2-1-4-10(19-13(22)9(17)8-12(18)21)14(23)20-7-3-5-11(20)15(24)25/h9-11H,1-8,16-17H2,(H2,18,21)(H,19,22)(H,24,25). The van der Waals surface area contributed by atoms with Gasteiger partial charge < -0.3 is 32.5 Å². The highest BCUT2D eigenvalue weighted by Crippen LogP contribution is 2.19.